The average molecular weight is 1830 g/mol. The first-order valence-electron chi connectivity index (χ1n) is 45.1. The van der Waals surface area contributed by atoms with Gasteiger partial charge in [0.2, 0.25) is 0 Å². The van der Waals surface area contributed by atoms with E-state index in [4.69, 9.17) is 0 Å². The first-order chi connectivity index (χ1) is 58.9. The molecule has 12 nitrogen and oxygen atoms in total. The molecular weight excluding hydrogens is 1670 g/mol. The topological polar surface area (TPSA) is 234 Å². The van der Waals surface area contributed by atoms with E-state index in [1.54, 1.807) is 80.2 Å². The van der Waals surface area contributed by atoms with Gasteiger partial charge < -0.3 is 40.9 Å². The molecule has 10 rings (SSSR count). The predicted molar refractivity (Wildman–Crippen MR) is 536 cm³/mol. The largest absolute Gasteiger partial charge is 4.00 e. The van der Waals surface area contributed by atoms with E-state index >= 15 is 0 Å². The van der Waals surface area contributed by atoms with E-state index in [0.717, 1.165) is 66.8 Å². The van der Waals surface area contributed by atoms with Crippen LogP contribution in [0.2, 0.25) is 0 Å². The van der Waals surface area contributed by atoms with Crippen LogP contribution in [0, 0.1) is 27.7 Å². The Balaban J connectivity index is 0. The van der Waals surface area contributed by atoms with Crippen molar-refractivity contribution in [3.05, 3.63) is 330 Å². The molecule has 0 saturated carbocycles. The maximum Gasteiger partial charge on any atom is 4.00 e. The van der Waals surface area contributed by atoms with Crippen molar-refractivity contribution in [2.24, 2.45) is 20.0 Å². The van der Waals surface area contributed by atoms with Crippen LogP contribution >= 0.6 is 0 Å². The van der Waals surface area contributed by atoms with E-state index < -0.39 is 24.4 Å². The molecule has 0 saturated heterocycles. The van der Waals surface area contributed by atoms with Crippen molar-refractivity contribution in [1.82, 2.24) is 0 Å². The van der Waals surface area contributed by atoms with Gasteiger partial charge >= 0.3 is 43.4 Å². The summed E-state index contributed by atoms with van der Waals surface area (Å²) < 4.78 is 0. The summed E-state index contributed by atoms with van der Waals surface area (Å²) in [5.41, 5.74) is 18.6. The second-order valence-corrected chi connectivity index (χ2v) is 42.1. The molecule has 0 aromatic heterocycles. The fourth-order valence-corrected chi connectivity index (χ4v) is 11.7. The monoisotopic (exact) mass is 1830 g/mol. The van der Waals surface area contributed by atoms with Gasteiger partial charge in [0.15, 0.2) is 0 Å². The summed E-state index contributed by atoms with van der Waals surface area (Å²) >= 11 is 0. The minimum Gasteiger partial charge on any atom is -0.872 e. The van der Waals surface area contributed by atoms with Crippen molar-refractivity contribution in [1.29, 1.82) is 0 Å². The molecule has 0 aliphatic rings. The van der Waals surface area contributed by atoms with Crippen LogP contribution < -0.4 is 40.9 Å². The quantitative estimate of drug-likeness (QED) is 0.0840. The molecule has 10 aromatic carbocycles. The van der Waals surface area contributed by atoms with Gasteiger partial charge in [-0.2, -0.15) is 0 Å². The summed E-state index contributed by atoms with van der Waals surface area (Å²) in [6.07, 6.45) is 5.23. The number of hydrogen-bond acceptors (Lipinski definition) is 12. The molecule has 0 atom stereocenters. The van der Waals surface area contributed by atoms with Crippen molar-refractivity contribution in [3.8, 4) is 23.0 Å². The zero-order chi connectivity index (χ0) is 98.1. The van der Waals surface area contributed by atoms with Gasteiger partial charge in [0.1, 0.15) is 0 Å². The van der Waals surface area contributed by atoms with Gasteiger partial charge in [-0.3, -0.25) is 20.0 Å². The first kappa shape index (κ1) is 123. The molecule has 0 radical (unpaired) electrons. The van der Waals surface area contributed by atoms with E-state index in [0.29, 0.717) is 48.4 Å². The van der Waals surface area contributed by atoms with Crippen molar-refractivity contribution in [2.75, 3.05) is 0 Å². The minimum absolute atomic E-state index is 0. The number of hydrogen-bond donors (Lipinski definition) is 0. The Kier molecular flexibility index (Phi) is 55.4. The Labute approximate surface area is 818 Å². The van der Waals surface area contributed by atoms with Crippen LogP contribution in [0.1, 0.15) is 333 Å². The van der Waals surface area contributed by atoms with Crippen LogP contribution in [0.5, 0.6) is 23.0 Å². The molecule has 0 unspecified atom stereocenters. The molecule has 0 fully saturated rings. The Morgan fingerprint density at radius 3 is 0.485 bits per heavy atom. The molecule has 0 bridgehead atoms. The smallest absolute Gasteiger partial charge is 0.872 e. The zero-order valence-electron chi connectivity index (χ0n) is 86.3. The van der Waals surface area contributed by atoms with Gasteiger partial charge in [0.25, 0.3) is 0 Å². The molecular formula is C116H160N4O8Ti2. The van der Waals surface area contributed by atoms with Gasteiger partial charge in [-0.1, -0.05) is 485 Å². The van der Waals surface area contributed by atoms with Gasteiger partial charge in [0.05, 0.1) is 26.2 Å². The third kappa shape index (κ3) is 52.0. The number of aliphatic imine (C=N–C) groups is 4. The van der Waals surface area contributed by atoms with Crippen LogP contribution in [-0.4, -0.2) is 49.3 Å². The number of rotatable bonds is 12. The molecule has 0 heterocycles. The van der Waals surface area contributed by atoms with Gasteiger partial charge in [-0.05, 0) is 160 Å². The summed E-state index contributed by atoms with van der Waals surface area (Å²) in [6, 6.07) is 73.5. The first-order valence-corrected chi connectivity index (χ1v) is 45.1. The Bertz CT molecular complexity index is 4330. The number of benzene rings is 10. The molecule has 0 aliphatic heterocycles. The van der Waals surface area contributed by atoms with Crippen LogP contribution in [0.4, 0.5) is 0 Å². The summed E-state index contributed by atoms with van der Waals surface area (Å²) in [7, 11) is 0. The summed E-state index contributed by atoms with van der Waals surface area (Å²) in [5.74, 6) is 0.186. The van der Waals surface area contributed by atoms with Crippen LogP contribution in [0.3, 0.4) is 0 Å². The predicted octanol–water partition coefficient (Wildman–Crippen LogP) is 23.5. The normalized spacial score (nSPS) is 11.7. The third-order valence-electron chi connectivity index (χ3n) is 18.9. The molecule has 10 aromatic rings. The second-order valence-electron chi connectivity index (χ2n) is 42.1. The standard InChI is InChI=1S/2C38H52N2O2.4C7H8.4C3H7O.2Ti/c2*1-35(2,3)29-17-27(33(41)31(19-29)37(7,8)9)23-39-21-25-14-13-15-26(16-25)22-40-24-28-18-30(36(4,5)6)20-32(34(28)42)38(10,11)12;4*1-7-5-3-2-4-6-7;4*1-3(2)4;;/h2*13-20,23-24,41-42H,21-22H2,1-12H3;4*2-6H,1H3;4*3H,1-2H3;;/q;;;;;;4*-1;2*+4/p-4. The molecule has 0 N–H and O–H groups in total. The number of aryl methyl sites for hydroxylation is 4. The van der Waals surface area contributed by atoms with E-state index in [-0.39, 0.29) is 110 Å². The number of nitrogens with zero attached hydrogens (tertiary/aromatic N) is 4. The van der Waals surface area contributed by atoms with E-state index in [9.17, 15) is 40.9 Å². The van der Waals surface area contributed by atoms with Crippen LogP contribution in [0.15, 0.2) is 238 Å². The van der Waals surface area contributed by atoms with Crippen molar-refractivity contribution in [2.45, 2.75) is 343 Å². The summed E-state index contributed by atoms with van der Waals surface area (Å²) in [5, 5.41) is 91.2. The fraction of sp³-hybridized carbons (Fsp3) is 0.448. The maximum atomic E-state index is 13.3. The van der Waals surface area contributed by atoms with Gasteiger partial charge in [-0.15, -0.1) is 24.4 Å². The molecule has 0 amide bonds. The van der Waals surface area contributed by atoms with Crippen molar-refractivity contribution >= 4 is 24.9 Å². The molecule has 0 spiro atoms. The SMILES string of the molecule is CC(C)(C)c1cc(C=NCc2cccc(CN=Cc3cc(C(C)(C)C)cc(C(C)(C)C)c3[O-])c2)c([O-])c(C(C)(C)C)c1.CC(C)(C)c1cc(C=NCc2cccc(CN=Cc3cc(C(C)(C)C)cc(C(C)(C)C)c3[O-])c2)c([O-])c(C(C)(C)C)c1.CC(C)[O-].CC(C)[O-].CC(C)[O-].CC(C)[O-].Cc1ccccc1.Cc1ccccc1.Cc1ccccc1.Cc1ccccc1.[Ti+4].[Ti+4]. The fourth-order valence-electron chi connectivity index (χ4n) is 11.7. The Morgan fingerprint density at radius 1 is 0.223 bits per heavy atom. The van der Waals surface area contributed by atoms with Gasteiger partial charge in [0, 0.05) is 24.9 Å². The Morgan fingerprint density at radius 2 is 0.369 bits per heavy atom. The van der Waals surface area contributed by atoms with E-state index in [2.05, 4.69) is 299 Å². The molecule has 14 heteroatoms. The molecule has 130 heavy (non-hydrogen) atoms. The molecule has 0 aliphatic carbocycles. The third-order valence-corrected chi connectivity index (χ3v) is 18.9. The van der Waals surface area contributed by atoms with Crippen molar-refractivity contribution in [3.63, 3.8) is 0 Å². The zero-order valence-corrected chi connectivity index (χ0v) is 89.4. The molecule has 700 valence electrons. The van der Waals surface area contributed by atoms with Crippen LogP contribution in [0.25, 0.3) is 0 Å². The average Bonchev–Trinajstić information content (AvgIpc) is 0.804. The van der Waals surface area contributed by atoms with Crippen molar-refractivity contribution < 1.29 is 84.3 Å². The van der Waals surface area contributed by atoms with Gasteiger partial charge in [-0.25, -0.2) is 0 Å². The Hall–Kier alpha value is -8.65. The van der Waals surface area contributed by atoms with E-state index in [1.807, 2.05) is 133 Å². The maximum absolute atomic E-state index is 13.3. The van der Waals surface area contributed by atoms with E-state index in [1.165, 1.54) is 22.3 Å². The van der Waals surface area contributed by atoms with Crippen LogP contribution in [-0.2, 0) is 113 Å². The minimum atomic E-state index is -0.417. The summed E-state index contributed by atoms with van der Waals surface area (Å²) in [4.78, 5) is 18.6. The summed E-state index contributed by atoms with van der Waals surface area (Å²) in [6.45, 7) is 74.0. The second kappa shape index (κ2) is 58.4.